The Kier molecular flexibility index (Phi) is 4.08. The standard InChI is InChI=1S/C17H22N2O2/c1-14-4-6-16(7-5-14)17(20-12-15(2)21-17)8-3-10-19-11-9-18-13-19/h4-7,9,11,13,15H,3,8,10,12H2,1-2H3. The number of hydrogen-bond acceptors (Lipinski definition) is 3. The molecule has 0 bridgehead atoms. The monoisotopic (exact) mass is 286 g/mol. The van der Waals surface area contributed by atoms with Crippen LogP contribution in [0.15, 0.2) is 43.0 Å². The summed E-state index contributed by atoms with van der Waals surface area (Å²) in [4.78, 5) is 4.07. The van der Waals surface area contributed by atoms with E-state index in [9.17, 15) is 0 Å². The van der Waals surface area contributed by atoms with Crippen LogP contribution in [0.25, 0.3) is 0 Å². The minimum absolute atomic E-state index is 0.138. The molecular formula is C17H22N2O2. The molecule has 2 aromatic rings. The van der Waals surface area contributed by atoms with Gasteiger partial charge in [0.05, 0.1) is 19.0 Å². The van der Waals surface area contributed by atoms with Gasteiger partial charge in [0.15, 0.2) is 5.79 Å². The summed E-state index contributed by atoms with van der Waals surface area (Å²) in [7, 11) is 0. The summed E-state index contributed by atoms with van der Waals surface area (Å²) in [6.45, 7) is 5.73. The lowest BCUT2D eigenvalue weighted by Gasteiger charge is -2.28. The van der Waals surface area contributed by atoms with Crippen molar-refractivity contribution in [1.29, 1.82) is 0 Å². The first-order valence-corrected chi connectivity index (χ1v) is 7.53. The van der Waals surface area contributed by atoms with Gasteiger partial charge in [0.25, 0.3) is 0 Å². The van der Waals surface area contributed by atoms with E-state index in [0.717, 1.165) is 24.9 Å². The van der Waals surface area contributed by atoms with Crippen molar-refractivity contribution in [1.82, 2.24) is 9.55 Å². The third-order valence-corrected chi connectivity index (χ3v) is 3.92. The molecule has 2 heterocycles. The highest BCUT2D eigenvalue weighted by Gasteiger charge is 2.41. The molecule has 0 N–H and O–H groups in total. The Hall–Kier alpha value is -1.65. The second kappa shape index (κ2) is 6.00. The number of aryl methyl sites for hydroxylation is 2. The molecule has 21 heavy (non-hydrogen) atoms. The zero-order valence-corrected chi connectivity index (χ0v) is 12.7. The van der Waals surface area contributed by atoms with Crippen molar-refractivity contribution in [3.8, 4) is 0 Å². The topological polar surface area (TPSA) is 36.3 Å². The minimum Gasteiger partial charge on any atom is -0.343 e. The van der Waals surface area contributed by atoms with Crippen LogP contribution in [0.5, 0.6) is 0 Å². The lowest BCUT2D eigenvalue weighted by atomic mass is 9.99. The molecule has 1 saturated heterocycles. The van der Waals surface area contributed by atoms with Gasteiger partial charge >= 0.3 is 0 Å². The maximum atomic E-state index is 6.15. The molecule has 1 aromatic heterocycles. The van der Waals surface area contributed by atoms with Crippen LogP contribution < -0.4 is 0 Å². The zero-order chi connectivity index (χ0) is 14.7. The molecule has 0 amide bonds. The maximum absolute atomic E-state index is 6.15. The Labute approximate surface area is 125 Å². The summed E-state index contributed by atoms with van der Waals surface area (Å²) in [5, 5.41) is 0. The summed E-state index contributed by atoms with van der Waals surface area (Å²) in [6, 6.07) is 8.46. The second-order valence-corrected chi connectivity index (χ2v) is 5.76. The van der Waals surface area contributed by atoms with Crippen LogP contribution in [0.4, 0.5) is 0 Å². The van der Waals surface area contributed by atoms with Gasteiger partial charge in [-0.2, -0.15) is 0 Å². The lowest BCUT2D eigenvalue weighted by Crippen LogP contribution is -2.28. The fraction of sp³-hybridized carbons (Fsp3) is 0.471. The average molecular weight is 286 g/mol. The molecule has 4 heteroatoms. The summed E-state index contributed by atoms with van der Waals surface area (Å²) in [6.07, 6.45) is 7.60. The van der Waals surface area contributed by atoms with Crippen molar-refractivity contribution < 1.29 is 9.47 Å². The molecule has 112 valence electrons. The normalized spacial score (nSPS) is 25.3. The van der Waals surface area contributed by atoms with Gasteiger partial charge < -0.3 is 14.0 Å². The smallest absolute Gasteiger partial charge is 0.195 e. The van der Waals surface area contributed by atoms with E-state index in [2.05, 4.69) is 47.7 Å². The van der Waals surface area contributed by atoms with Crippen molar-refractivity contribution in [2.45, 2.75) is 45.1 Å². The van der Waals surface area contributed by atoms with Crippen LogP contribution in [0.2, 0.25) is 0 Å². The Bertz CT molecular complexity index is 565. The molecule has 2 unspecified atom stereocenters. The van der Waals surface area contributed by atoms with Crippen LogP contribution in [0, 0.1) is 6.92 Å². The van der Waals surface area contributed by atoms with Gasteiger partial charge in [0.2, 0.25) is 0 Å². The summed E-state index contributed by atoms with van der Waals surface area (Å²) < 4.78 is 14.3. The van der Waals surface area contributed by atoms with Crippen molar-refractivity contribution in [3.63, 3.8) is 0 Å². The molecule has 0 saturated carbocycles. The number of ether oxygens (including phenoxy) is 2. The quantitative estimate of drug-likeness (QED) is 0.846. The highest BCUT2D eigenvalue weighted by Crippen LogP contribution is 2.38. The van der Waals surface area contributed by atoms with Crippen LogP contribution in [-0.2, 0) is 21.8 Å². The fourth-order valence-electron chi connectivity index (χ4n) is 2.79. The van der Waals surface area contributed by atoms with Crippen molar-refractivity contribution in [2.75, 3.05) is 6.61 Å². The van der Waals surface area contributed by atoms with Crippen molar-refractivity contribution >= 4 is 0 Å². The van der Waals surface area contributed by atoms with Gasteiger partial charge in [-0.15, -0.1) is 0 Å². The van der Waals surface area contributed by atoms with Crippen LogP contribution in [-0.4, -0.2) is 22.3 Å². The first-order chi connectivity index (χ1) is 10.2. The molecule has 3 rings (SSSR count). The first kappa shape index (κ1) is 14.3. The van der Waals surface area contributed by atoms with E-state index in [-0.39, 0.29) is 6.10 Å². The highest BCUT2D eigenvalue weighted by molar-refractivity contribution is 5.25. The van der Waals surface area contributed by atoms with Crippen molar-refractivity contribution in [3.05, 3.63) is 54.1 Å². The Morgan fingerprint density at radius 2 is 2.14 bits per heavy atom. The number of aromatic nitrogens is 2. The SMILES string of the molecule is Cc1ccc(C2(CCCn3ccnc3)OCC(C)O2)cc1. The second-order valence-electron chi connectivity index (χ2n) is 5.76. The van der Waals surface area contributed by atoms with Gasteiger partial charge in [0, 0.05) is 30.9 Å². The summed E-state index contributed by atoms with van der Waals surface area (Å²) in [5.74, 6) is -0.590. The summed E-state index contributed by atoms with van der Waals surface area (Å²) >= 11 is 0. The van der Waals surface area contributed by atoms with Gasteiger partial charge in [-0.05, 0) is 20.3 Å². The molecule has 1 fully saturated rings. The van der Waals surface area contributed by atoms with E-state index < -0.39 is 5.79 Å². The molecule has 1 aliphatic rings. The van der Waals surface area contributed by atoms with Gasteiger partial charge in [-0.3, -0.25) is 0 Å². The van der Waals surface area contributed by atoms with E-state index in [1.54, 1.807) is 6.20 Å². The first-order valence-electron chi connectivity index (χ1n) is 7.53. The average Bonchev–Trinajstić information content (AvgIpc) is 3.11. The summed E-state index contributed by atoms with van der Waals surface area (Å²) in [5.41, 5.74) is 2.36. The Morgan fingerprint density at radius 1 is 1.33 bits per heavy atom. The Morgan fingerprint density at radius 3 is 2.76 bits per heavy atom. The number of nitrogens with zero attached hydrogens (tertiary/aromatic N) is 2. The predicted molar refractivity (Wildman–Crippen MR) is 80.8 cm³/mol. The van der Waals surface area contributed by atoms with E-state index >= 15 is 0 Å². The maximum Gasteiger partial charge on any atom is 0.195 e. The third kappa shape index (κ3) is 3.17. The molecule has 0 spiro atoms. The minimum atomic E-state index is -0.590. The third-order valence-electron chi connectivity index (χ3n) is 3.92. The van der Waals surface area contributed by atoms with Crippen LogP contribution >= 0.6 is 0 Å². The van der Waals surface area contributed by atoms with Gasteiger partial charge in [-0.25, -0.2) is 4.98 Å². The molecule has 0 radical (unpaired) electrons. The zero-order valence-electron chi connectivity index (χ0n) is 12.7. The molecule has 2 atom stereocenters. The van der Waals surface area contributed by atoms with Crippen molar-refractivity contribution in [2.24, 2.45) is 0 Å². The number of hydrogen-bond donors (Lipinski definition) is 0. The number of rotatable bonds is 5. The number of benzene rings is 1. The molecule has 1 aromatic carbocycles. The van der Waals surface area contributed by atoms with Crippen LogP contribution in [0.1, 0.15) is 30.9 Å². The molecule has 4 nitrogen and oxygen atoms in total. The predicted octanol–water partition coefficient (Wildman–Crippen LogP) is 3.26. The molecular weight excluding hydrogens is 264 g/mol. The lowest BCUT2D eigenvalue weighted by molar-refractivity contribution is -0.181. The van der Waals surface area contributed by atoms with E-state index in [4.69, 9.17) is 9.47 Å². The fourth-order valence-corrected chi connectivity index (χ4v) is 2.79. The molecule has 1 aliphatic heterocycles. The van der Waals surface area contributed by atoms with Gasteiger partial charge in [0.1, 0.15) is 0 Å². The highest BCUT2D eigenvalue weighted by atomic mass is 16.7. The van der Waals surface area contributed by atoms with Gasteiger partial charge in [-0.1, -0.05) is 29.8 Å². The largest absolute Gasteiger partial charge is 0.343 e. The number of imidazole rings is 1. The Balaban J connectivity index is 1.72. The van der Waals surface area contributed by atoms with E-state index in [1.165, 1.54) is 5.56 Å². The van der Waals surface area contributed by atoms with Crippen LogP contribution in [0.3, 0.4) is 0 Å². The molecule has 0 aliphatic carbocycles. The van der Waals surface area contributed by atoms with E-state index in [0.29, 0.717) is 6.61 Å². The van der Waals surface area contributed by atoms with E-state index in [1.807, 2.05) is 12.5 Å².